The molecule has 0 radical (unpaired) electrons. The van der Waals surface area contributed by atoms with Gasteiger partial charge in [0.05, 0.1) is 6.61 Å². The first-order valence-corrected chi connectivity index (χ1v) is 4.75. The fourth-order valence-electron chi connectivity index (χ4n) is 0.797. The molecule has 0 fully saturated rings. The summed E-state index contributed by atoms with van der Waals surface area (Å²) in [7, 11) is 0. The predicted octanol–water partition coefficient (Wildman–Crippen LogP) is 3.10. The number of rotatable bonds is 3. The maximum absolute atomic E-state index is 5.19. The van der Waals surface area contributed by atoms with Gasteiger partial charge in [-0.05, 0) is 20.8 Å². The highest BCUT2D eigenvalue weighted by Crippen LogP contribution is 2.11. The topological polar surface area (TPSA) is 35.3 Å². The molecular formula is C10H21NO2. The molecule has 3 heteroatoms. The van der Waals surface area contributed by atoms with Crippen LogP contribution in [0.5, 0.6) is 0 Å². The summed E-state index contributed by atoms with van der Waals surface area (Å²) in [5, 5.41) is 3.85. The van der Waals surface area contributed by atoms with Crippen molar-refractivity contribution in [2.75, 3.05) is 6.61 Å². The molecule has 0 saturated carbocycles. The van der Waals surface area contributed by atoms with E-state index >= 15 is 0 Å². The molecule has 0 saturated heterocycles. The van der Waals surface area contributed by atoms with Crippen molar-refractivity contribution in [3.63, 3.8) is 0 Å². The van der Waals surface area contributed by atoms with E-state index in [4.69, 9.17) is 9.26 Å². The van der Waals surface area contributed by atoms with Crippen LogP contribution in [-0.4, -0.2) is 11.8 Å². The van der Waals surface area contributed by atoms with E-state index in [0.717, 1.165) is 17.0 Å². The lowest BCUT2D eigenvalue weighted by molar-refractivity contribution is 0.128. The molecule has 1 rings (SSSR count). The van der Waals surface area contributed by atoms with Crippen LogP contribution < -0.4 is 0 Å². The highest BCUT2D eigenvalue weighted by molar-refractivity contribution is 5.18. The molecule has 1 aromatic rings. The van der Waals surface area contributed by atoms with Gasteiger partial charge in [-0.15, -0.1) is 0 Å². The van der Waals surface area contributed by atoms with Gasteiger partial charge in [0.1, 0.15) is 11.5 Å². The summed E-state index contributed by atoms with van der Waals surface area (Å²) in [6, 6.07) is 0. The van der Waals surface area contributed by atoms with Crippen LogP contribution in [0.25, 0.3) is 0 Å². The Balaban J connectivity index is 0. The zero-order valence-corrected chi connectivity index (χ0v) is 9.18. The van der Waals surface area contributed by atoms with Gasteiger partial charge in [-0.3, -0.25) is 0 Å². The highest BCUT2D eigenvalue weighted by atomic mass is 16.5. The third-order valence-corrected chi connectivity index (χ3v) is 1.70. The molecule has 0 unspecified atom stereocenters. The Labute approximate surface area is 81.6 Å². The highest BCUT2D eigenvalue weighted by Gasteiger charge is 2.06. The van der Waals surface area contributed by atoms with Gasteiger partial charge in [0.2, 0.25) is 0 Å². The van der Waals surface area contributed by atoms with E-state index in [0.29, 0.717) is 13.2 Å². The van der Waals surface area contributed by atoms with E-state index in [9.17, 15) is 0 Å². The molecule has 3 nitrogen and oxygen atoms in total. The third kappa shape index (κ3) is 3.59. The number of hydrogen-bond donors (Lipinski definition) is 0. The molecule has 0 amide bonds. The summed E-state index contributed by atoms with van der Waals surface area (Å²) >= 11 is 0. The average molecular weight is 187 g/mol. The predicted molar refractivity (Wildman–Crippen MR) is 54.8 cm³/mol. The van der Waals surface area contributed by atoms with Gasteiger partial charge in [0.25, 0.3) is 0 Å². The lowest BCUT2D eigenvalue weighted by atomic mass is 10.2. The largest absolute Gasteiger partial charge is 0.375 e. The molecule has 78 valence electrons. The molecule has 0 aliphatic carbocycles. The Kier molecular flexibility index (Phi) is 6.24. The fraction of sp³-hybridized carbons (Fsp3) is 0.700. The van der Waals surface area contributed by atoms with E-state index in [1.54, 1.807) is 0 Å². The smallest absolute Gasteiger partial charge is 0.136 e. The monoisotopic (exact) mass is 187 g/mol. The van der Waals surface area contributed by atoms with Gasteiger partial charge in [-0.25, -0.2) is 0 Å². The standard InChI is InChI=1S/C8H13NO2.C2H6.H2/c1-4-10-5-8-6(2)7(3)11-9-8;1-2;/h4-5H2,1-3H3;1-2H3;1H. The second-order valence-corrected chi connectivity index (χ2v) is 2.45. The van der Waals surface area contributed by atoms with E-state index in [1.165, 1.54) is 0 Å². The number of aromatic nitrogens is 1. The van der Waals surface area contributed by atoms with Gasteiger partial charge >= 0.3 is 0 Å². The second-order valence-electron chi connectivity index (χ2n) is 2.45. The van der Waals surface area contributed by atoms with Gasteiger partial charge < -0.3 is 9.26 Å². The first-order chi connectivity index (χ1) is 6.25. The van der Waals surface area contributed by atoms with Crippen molar-refractivity contribution in [3.05, 3.63) is 17.0 Å². The summed E-state index contributed by atoms with van der Waals surface area (Å²) in [4.78, 5) is 0. The Morgan fingerprint density at radius 1 is 1.38 bits per heavy atom. The Hall–Kier alpha value is -0.830. The van der Waals surface area contributed by atoms with E-state index in [-0.39, 0.29) is 1.43 Å². The quantitative estimate of drug-likeness (QED) is 0.729. The van der Waals surface area contributed by atoms with Gasteiger partial charge in [0, 0.05) is 13.6 Å². The second kappa shape index (κ2) is 6.66. The Morgan fingerprint density at radius 3 is 2.38 bits per heavy atom. The van der Waals surface area contributed by atoms with Crippen LogP contribution in [0.1, 0.15) is 39.2 Å². The van der Waals surface area contributed by atoms with Crippen molar-refractivity contribution in [2.45, 2.75) is 41.2 Å². The summed E-state index contributed by atoms with van der Waals surface area (Å²) in [5.41, 5.74) is 2.00. The van der Waals surface area contributed by atoms with Crippen molar-refractivity contribution in [1.82, 2.24) is 5.16 Å². The maximum Gasteiger partial charge on any atom is 0.136 e. The van der Waals surface area contributed by atoms with E-state index in [1.807, 2.05) is 34.6 Å². The van der Waals surface area contributed by atoms with Gasteiger partial charge in [-0.2, -0.15) is 0 Å². The minimum Gasteiger partial charge on any atom is -0.375 e. The van der Waals surface area contributed by atoms with Crippen LogP contribution >= 0.6 is 0 Å². The normalized spacial score (nSPS) is 9.31. The summed E-state index contributed by atoms with van der Waals surface area (Å²) in [6.07, 6.45) is 0. The molecule has 13 heavy (non-hydrogen) atoms. The molecule has 1 aromatic heterocycles. The summed E-state index contributed by atoms with van der Waals surface area (Å²) in [6.45, 7) is 11.1. The molecule has 0 atom stereocenters. The number of ether oxygens (including phenoxy) is 1. The third-order valence-electron chi connectivity index (χ3n) is 1.70. The lowest BCUT2D eigenvalue weighted by Crippen LogP contribution is -1.93. The molecule has 0 aliphatic rings. The van der Waals surface area contributed by atoms with Crippen molar-refractivity contribution < 1.29 is 10.7 Å². The fourth-order valence-corrected chi connectivity index (χ4v) is 0.797. The minimum absolute atomic E-state index is 0. The van der Waals surface area contributed by atoms with E-state index < -0.39 is 0 Å². The van der Waals surface area contributed by atoms with Crippen LogP contribution in [0, 0.1) is 13.8 Å². The molecular weight excluding hydrogens is 166 g/mol. The van der Waals surface area contributed by atoms with Gasteiger partial charge in [-0.1, -0.05) is 19.0 Å². The minimum atomic E-state index is 0. The number of aryl methyl sites for hydroxylation is 1. The lowest BCUT2D eigenvalue weighted by Gasteiger charge is -1.95. The molecule has 0 aliphatic heterocycles. The summed E-state index contributed by atoms with van der Waals surface area (Å²) in [5.74, 6) is 0.875. The molecule has 0 spiro atoms. The van der Waals surface area contributed by atoms with Gasteiger partial charge in [0.15, 0.2) is 0 Å². The molecule has 0 N–H and O–H groups in total. The number of nitrogens with zero attached hydrogens (tertiary/aromatic N) is 1. The van der Waals surface area contributed by atoms with E-state index in [2.05, 4.69) is 5.16 Å². The number of hydrogen-bond acceptors (Lipinski definition) is 3. The summed E-state index contributed by atoms with van der Waals surface area (Å²) < 4.78 is 10.2. The van der Waals surface area contributed by atoms with Crippen LogP contribution in [0.3, 0.4) is 0 Å². The van der Waals surface area contributed by atoms with Crippen molar-refractivity contribution in [2.24, 2.45) is 0 Å². The van der Waals surface area contributed by atoms with Crippen molar-refractivity contribution in [1.29, 1.82) is 0 Å². The van der Waals surface area contributed by atoms with Crippen LogP contribution in [0.4, 0.5) is 0 Å². The molecule has 0 aromatic carbocycles. The van der Waals surface area contributed by atoms with Crippen molar-refractivity contribution in [3.8, 4) is 0 Å². The van der Waals surface area contributed by atoms with Crippen LogP contribution in [-0.2, 0) is 11.3 Å². The zero-order valence-electron chi connectivity index (χ0n) is 9.18. The maximum atomic E-state index is 5.19. The molecule has 0 bridgehead atoms. The first kappa shape index (κ1) is 12.2. The average Bonchev–Trinajstić information content (AvgIpc) is 2.48. The van der Waals surface area contributed by atoms with Crippen LogP contribution in [0.15, 0.2) is 4.52 Å². The Morgan fingerprint density at radius 2 is 2.00 bits per heavy atom. The molecule has 1 heterocycles. The van der Waals surface area contributed by atoms with Crippen molar-refractivity contribution >= 4 is 0 Å². The first-order valence-electron chi connectivity index (χ1n) is 4.75. The Bertz CT molecular complexity index is 236. The SMILES string of the molecule is CC.CCOCc1noc(C)c1C.[HH]. The zero-order chi connectivity index (χ0) is 10.3. The van der Waals surface area contributed by atoms with Crippen LogP contribution in [0.2, 0.25) is 0 Å².